The molecule has 2 aromatic rings. The van der Waals surface area contributed by atoms with Gasteiger partial charge in [0.25, 0.3) is 0 Å². The van der Waals surface area contributed by atoms with Gasteiger partial charge in [0.05, 0.1) is 6.04 Å². The maximum absolute atomic E-state index is 13.2. The van der Waals surface area contributed by atoms with Gasteiger partial charge in [-0.2, -0.15) is 0 Å². The third kappa shape index (κ3) is 2.05. The molecule has 1 aromatic carbocycles. The Hall–Kier alpha value is -2.70. The minimum absolute atomic E-state index is 0.0812. The standard InChI is InChI=1S/C15H13FN4O2/c16-9-6-4-8(5-7-9)13-12-10(2-1-3-11(12)21)17-14-15(18-13)20-22-19-14/h4-7,13H,1-3H2,(H,17,19)(H,18,20). The van der Waals surface area contributed by atoms with E-state index in [0.29, 0.717) is 23.6 Å². The first-order valence-electron chi connectivity index (χ1n) is 7.10. The van der Waals surface area contributed by atoms with Gasteiger partial charge in [-0.25, -0.2) is 9.02 Å². The molecule has 0 spiro atoms. The van der Waals surface area contributed by atoms with Gasteiger partial charge in [0.2, 0.25) is 11.6 Å². The zero-order valence-electron chi connectivity index (χ0n) is 11.6. The molecule has 2 heterocycles. The molecule has 7 heteroatoms. The molecule has 0 radical (unpaired) electrons. The molecule has 0 fully saturated rings. The second-order valence-corrected chi connectivity index (χ2v) is 5.38. The van der Waals surface area contributed by atoms with Crippen molar-refractivity contribution >= 4 is 17.4 Å². The van der Waals surface area contributed by atoms with E-state index in [0.717, 1.165) is 24.1 Å². The Balaban J connectivity index is 1.85. The molecular formula is C15H13FN4O2. The zero-order valence-corrected chi connectivity index (χ0v) is 11.6. The average Bonchev–Trinajstić information content (AvgIpc) is 2.87. The Bertz CT molecular complexity index is 766. The topological polar surface area (TPSA) is 80.1 Å². The summed E-state index contributed by atoms with van der Waals surface area (Å²) in [5, 5.41) is 13.9. The van der Waals surface area contributed by atoms with Crippen molar-refractivity contribution in [2.75, 3.05) is 10.6 Å². The van der Waals surface area contributed by atoms with E-state index < -0.39 is 6.04 Å². The van der Waals surface area contributed by atoms with E-state index in [1.807, 2.05) is 0 Å². The molecule has 2 N–H and O–H groups in total. The molecule has 1 aliphatic heterocycles. The number of carbonyl (C=O) groups is 1. The number of hydrogen-bond acceptors (Lipinski definition) is 6. The average molecular weight is 300 g/mol. The minimum Gasteiger partial charge on any atom is -0.353 e. The SMILES string of the molecule is O=C1CCCC2=C1C(c1ccc(F)cc1)Nc1nonc1N2. The Morgan fingerprint density at radius 2 is 1.91 bits per heavy atom. The summed E-state index contributed by atoms with van der Waals surface area (Å²) in [6.07, 6.45) is 2.06. The predicted molar refractivity (Wildman–Crippen MR) is 76.6 cm³/mol. The quantitative estimate of drug-likeness (QED) is 0.843. The van der Waals surface area contributed by atoms with Crippen LogP contribution in [0.3, 0.4) is 0 Å². The summed E-state index contributed by atoms with van der Waals surface area (Å²) in [6.45, 7) is 0. The van der Waals surface area contributed by atoms with E-state index in [9.17, 15) is 9.18 Å². The van der Waals surface area contributed by atoms with Gasteiger partial charge in [-0.1, -0.05) is 12.1 Å². The highest BCUT2D eigenvalue weighted by atomic mass is 19.1. The zero-order chi connectivity index (χ0) is 15.1. The van der Waals surface area contributed by atoms with Crippen molar-refractivity contribution in [1.82, 2.24) is 10.3 Å². The number of rotatable bonds is 1. The smallest absolute Gasteiger partial charge is 0.219 e. The lowest BCUT2D eigenvalue weighted by atomic mass is 9.87. The van der Waals surface area contributed by atoms with Crippen molar-refractivity contribution in [2.24, 2.45) is 0 Å². The van der Waals surface area contributed by atoms with E-state index >= 15 is 0 Å². The number of nitrogens with one attached hydrogen (secondary N) is 2. The monoisotopic (exact) mass is 300 g/mol. The Kier molecular flexibility index (Phi) is 2.92. The number of fused-ring (bicyclic) bond motifs is 1. The minimum atomic E-state index is -0.399. The van der Waals surface area contributed by atoms with Gasteiger partial charge < -0.3 is 10.6 Å². The van der Waals surface area contributed by atoms with Gasteiger partial charge in [-0.05, 0) is 40.9 Å². The molecule has 0 saturated heterocycles. The van der Waals surface area contributed by atoms with Crippen LogP contribution in [0.15, 0.2) is 40.2 Å². The van der Waals surface area contributed by atoms with E-state index in [2.05, 4.69) is 20.9 Å². The summed E-state index contributed by atoms with van der Waals surface area (Å²) >= 11 is 0. The molecule has 1 aliphatic carbocycles. The van der Waals surface area contributed by atoms with Crippen molar-refractivity contribution in [3.05, 3.63) is 46.9 Å². The molecule has 0 bridgehead atoms. The molecule has 1 atom stereocenters. The van der Waals surface area contributed by atoms with E-state index in [1.165, 1.54) is 12.1 Å². The van der Waals surface area contributed by atoms with Crippen LogP contribution in [0.2, 0.25) is 0 Å². The van der Waals surface area contributed by atoms with Gasteiger partial charge >= 0.3 is 0 Å². The first-order valence-corrected chi connectivity index (χ1v) is 7.10. The fourth-order valence-electron chi connectivity index (χ4n) is 2.95. The molecule has 112 valence electrons. The number of halogens is 1. The fraction of sp³-hybridized carbons (Fsp3) is 0.267. The molecule has 1 aromatic heterocycles. The van der Waals surface area contributed by atoms with Crippen LogP contribution >= 0.6 is 0 Å². The van der Waals surface area contributed by atoms with Gasteiger partial charge in [-0.15, -0.1) is 0 Å². The number of nitrogens with zero attached hydrogens (tertiary/aromatic N) is 2. The molecular weight excluding hydrogens is 287 g/mol. The third-order valence-corrected chi connectivity index (χ3v) is 3.99. The summed E-state index contributed by atoms with van der Waals surface area (Å²) < 4.78 is 17.9. The third-order valence-electron chi connectivity index (χ3n) is 3.99. The second kappa shape index (κ2) is 4.94. The summed E-state index contributed by atoms with van der Waals surface area (Å²) in [7, 11) is 0. The first-order chi connectivity index (χ1) is 10.7. The van der Waals surface area contributed by atoms with Crippen molar-refractivity contribution < 1.29 is 13.8 Å². The Morgan fingerprint density at radius 1 is 1.14 bits per heavy atom. The van der Waals surface area contributed by atoms with Crippen LogP contribution < -0.4 is 10.6 Å². The summed E-state index contributed by atoms with van der Waals surface area (Å²) in [6, 6.07) is 5.69. The molecule has 0 saturated carbocycles. The lowest BCUT2D eigenvalue weighted by Crippen LogP contribution is -2.23. The number of benzene rings is 1. The fourth-order valence-corrected chi connectivity index (χ4v) is 2.95. The van der Waals surface area contributed by atoms with Gasteiger partial charge in [0.1, 0.15) is 5.82 Å². The van der Waals surface area contributed by atoms with E-state index in [1.54, 1.807) is 12.1 Å². The van der Waals surface area contributed by atoms with Crippen molar-refractivity contribution in [1.29, 1.82) is 0 Å². The highest BCUT2D eigenvalue weighted by molar-refractivity contribution is 6.00. The van der Waals surface area contributed by atoms with Crippen molar-refractivity contribution in [3.63, 3.8) is 0 Å². The lowest BCUT2D eigenvalue weighted by molar-refractivity contribution is -0.116. The van der Waals surface area contributed by atoms with Crippen LogP contribution in [0.4, 0.5) is 16.0 Å². The lowest BCUT2D eigenvalue weighted by Gasteiger charge is -2.24. The first kappa shape index (κ1) is 13.0. The van der Waals surface area contributed by atoms with Gasteiger partial charge in [-0.3, -0.25) is 4.79 Å². The van der Waals surface area contributed by atoms with Crippen LogP contribution in [-0.4, -0.2) is 16.1 Å². The molecule has 2 aliphatic rings. The van der Waals surface area contributed by atoms with Crippen LogP contribution in [0.25, 0.3) is 0 Å². The molecule has 0 amide bonds. The number of hydrogen-bond donors (Lipinski definition) is 2. The van der Waals surface area contributed by atoms with Gasteiger partial charge in [0, 0.05) is 17.7 Å². The van der Waals surface area contributed by atoms with E-state index in [4.69, 9.17) is 4.63 Å². The number of Topliss-reactive ketones (excluding diaryl/α,β-unsaturated/α-hetero) is 1. The number of anilines is 2. The number of ketones is 1. The van der Waals surface area contributed by atoms with Crippen LogP contribution in [0.5, 0.6) is 0 Å². The predicted octanol–water partition coefficient (Wildman–Crippen LogP) is 2.79. The Labute approximate surface area is 125 Å². The molecule has 4 rings (SSSR count). The van der Waals surface area contributed by atoms with Crippen LogP contribution in [0, 0.1) is 5.82 Å². The highest BCUT2D eigenvalue weighted by Crippen LogP contribution is 2.39. The Morgan fingerprint density at radius 3 is 2.73 bits per heavy atom. The second-order valence-electron chi connectivity index (χ2n) is 5.38. The maximum Gasteiger partial charge on any atom is 0.219 e. The van der Waals surface area contributed by atoms with Crippen molar-refractivity contribution in [3.8, 4) is 0 Å². The summed E-state index contributed by atoms with van der Waals surface area (Å²) in [5.74, 6) is 0.671. The van der Waals surface area contributed by atoms with Crippen LogP contribution in [-0.2, 0) is 4.79 Å². The summed E-state index contributed by atoms with van der Waals surface area (Å²) in [5.41, 5.74) is 2.28. The van der Waals surface area contributed by atoms with Gasteiger partial charge in [0.15, 0.2) is 5.78 Å². The molecule has 1 unspecified atom stereocenters. The maximum atomic E-state index is 13.2. The number of aromatic nitrogens is 2. The normalized spacial score (nSPS) is 20.6. The highest BCUT2D eigenvalue weighted by Gasteiger charge is 2.33. The number of carbonyl (C=O) groups excluding carboxylic acids is 1. The van der Waals surface area contributed by atoms with Crippen molar-refractivity contribution in [2.45, 2.75) is 25.3 Å². The van der Waals surface area contributed by atoms with E-state index in [-0.39, 0.29) is 11.6 Å². The summed E-state index contributed by atoms with van der Waals surface area (Å²) in [4.78, 5) is 12.4. The van der Waals surface area contributed by atoms with Crippen LogP contribution in [0.1, 0.15) is 30.9 Å². The molecule has 6 nitrogen and oxygen atoms in total. The molecule has 22 heavy (non-hydrogen) atoms. The largest absolute Gasteiger partial charge is 0.353 e. The number of allylic oxidation sites excluding steroid dienone is 1.